The van der Waals surface area contributed by atoms with Gasteiger partial charge in [-0.05, 0) is 12.1 Å². The Balaban J connectivity index is 1.94. The van der Waals surface area contributed by atoms with Gasteiger partial charge in [-0.2, -0.15) is 0 Å². The summed E-state index contributed by atoms with van der Waals surface area (Å²) in [4.78, 5) is 15.2. The third kappa shape index (κ3) is 2.29. The lowest BCUT2D eigenvalue weighted by Gasteiger charge is -2.22. The number of ether oxygens (including phenoxy) is 1. The van der Waals surface area contributed by atoms with Gasteiger partial charge >= 0.3 is 0 Å². The van der Waals surface area contributed by atoms with Crippen molar-refractivity contribution < 1.29 is 9.53 Å². The van der Waals surface area contributed by atoms with Gasteiger partial charge in [0.25, 0.3) is 0 Å². The minimum atomic E-state index is -0.0443. The van der Waals surface area contributed by atoms with Crippen molar-refractivity contribution in [3.8, 4) is 0 Å². The Morgan fingerprint density at radius 1 is 1.57 bits per heavy atom. The van der Waals surface area contributed by atoms with E-state index in [0.29, 0.717) is 6.61 Å². The zero-order chi connectivity index (χ0) is 9.80. The van der Waals surface area contributed by atoms with Crippen molar-refractivity contribution in [3.63, 3.8) is 0 Å². The molecule has 0 spiro atoms. The van der Waals surface area contributed by atoms with Crippen LogP contribution in [0.3, 0.4) is 0 Å². The fourth-order valence-corrected chi connectivity index (χ4v) is 1.49. The number of nitrogens with one attached hydrogen (secondary N) is 1. The van der Waals surface area contributed by atoms with Crippen LogP contribution in [0.1, 0.15) is 5.69 Å². The predicted molar refractivity (Wildman–Crippen MR) is 50.7 cm³/mol. The fraction of sp³-hybridized carbons (Fsp3) is 0.400. The number of amides is 1. The first-order valence-electron chi connectivity index (χ1n) is 4.61. The lowest BCUT2D eigenvalue weighted by atomic mass is 10.1. The number of nitrogens with zero attached hydrogens (tertiary/aromatic N) is 1. The zero-order valence-electron chi connectivity index (χ0n) is 7.77. The van der Waals surface area contributed by atoms with Crippen LogP contribution in [0.25, 0.3) is 0 Å². The van der Waals surface area contributed by atoms with E-state index in [-0.39, 0.29) is 18.6 Å². The van der Waals surface area contributed by atoms with Crippen molar-refractivity contribution >= 4 is 5.91 Å². The van der Waals surface area contributed by atoms with E-state index in [2.05, 4.69) is 10.3 Å². The van der Waals surface area contributed by atoms with Crippen molar-refractivity contribution in [2.45, 2.75) is 12.5 Å². The topological polar surface area (TPSA) is 51.2 Å². The highest BCUT2D eigenvalue weighted by Gasteiger charge is 2.18. The molecule has 74 valence electrons. The molecule has 4 nitrogen and oxygen atoms in total. The standard InChI is InChI=1S/C10H12N2O2/c13-10-7-14-6-9(12-10)5-8-3-1-2-4-11-8/h1-4,9H,5-7H2,(H,12,13). The fourth-order valence-electron chi connectivity index (χ4n) is 1.49. The second kappa shape index (κ2) is 4.19. The molecule has 1 aliphatic rings. The molecule has 1 amide bonds. The Morgan fingerprint density at radius 2 is 2.50 bits per heavy atom. The number of carbonyl (C=O) groups excluding carboxylic acids is 1. The van der Waals surface area contributed by atoms with Crippen molar-refractivity contribution in [1.82, 2.24) is 10.3 Å². The largest absolute Gasteiger partial charge is 0.369 e. The molecule has 1 aromatic heterocycles. The first-order valence-corrected chi connectivity index (χ1v) is 4.61. The van der Waals surface area contributed by atoms with Crippen LogP contribution in [0.15, 0.2) is 24.4 Å². The molecular formula is C10H12N2O2. The van der Waals surface area contributed by atoms with Gasteiger partial charge in [0.05, 0.1) is 12.6 Å². The van der Waals surface area contributed by atoms with Crippen LogP contribution >= 0.6 is 0 Å². The van der Waals surface area contributed by atoms with Gasteiger partial charge in [0.2, 0.25) is 5.91 Å². The molecule has 1 N–H and O–H groups in total. The molecule has 0 bridgehead atoms. The molecular weight excluding hydrogens is 180 g/mol. The number of morpholine rings is 1. The summed E-state index contributed by atoms with van der Waals surface area (Å²) >= 11 is 0. The van der Waals surface area contributed by atoms with Crippen LogP contribution in [0.5, 0.6) is 0 Å². The Kier molecular flexibility index (Phi) is 2.74. The number of rotatable bonds is 2. The number of pyridine rings is 1. The van der Waals surface area contributed by atoms with E-state index in [4.69, 9.17) is 4.74 Å². The van der Waals surface area contributed by atoms with Crippen molar-refractivity contribution in [2.24, 2.45) is 0 Å². The SMILES string of the molecule is O=C1COCC(Cc2ccccn2)N1. The number of aromatic nitrogens is 1. The molecule has 2 heterocycles. The average molecular weight is 192 g/mol. The third-order valence-corrected chi connectivity index (χ3v) is 2.10. The smallest absolute Gasteiger partial charge is 0.246 e. The lowest BCUT2D eigenvalue weighted by molar-refractivity contribution is -0.131. The van der Waals surface area contributed by atoms with Crippen molar-refractivity contribution in [1.29, 1.82) is 0 Å². The van der Waals surface area contributed by atoms with Crippen LogP contribution < -0.4 is 5.32 Å². The molecule has 0 radical (unpaired) electrons. The lowest BCUT2D eigenvalue weighted by Crippen LogP contribution is -2.46. The quantitative estimate of drug-likeness (QED) is 0.725. The first-order chi connectivity index (χ1) is 6.84. The maximum Gasteiger partial charge on any atom is 0.246 e. The van der Waals surface area contributed by atoms with Gasteiger partial charge in [0, 0.05) is 18.3 Å². The summed E-state index contributed by atoms with van der Waals surface area (Å²) in [7, 11) is 0. The predicted octanol–water partition coefficient (Wildman–Crippen LogP) is 0.139. The molecule has 1 unspecified atom stereocenters. The van der Waals surface area contributed by atoms with E-state index in [1.807, 2.05) is 18.2 Å². The van der Waals surface area contributed by atoms with Crippen LogP contribution in [-0.2, 0) is 16.0 Å². The van der Waals surface area contributed by atoms with Crippen LogP contribution in [-0.4, -0.2) is 30.1 Å². The summed E-state index contributed by atoms with van der Waals surface area (Å²) in [6.45, 7) is 0.751. The van der Waals surface area contributed by atoms with E-state index >= 15 is 0 Å². The molecule has 1 aromatic rings. The van der Waals surface area contributed by atoms with Gasteiger partial charge in [-0.25, -0.2) is 0 Å². The summed E-state index contributed by atoms with van der Waals surface area (Å²) in [5.74, 6) is -0.0443. The average Bonchev–Trinajstić information content (AvgIpc) is 2.19. The van der Waals surface area contributed by atoms with Crippen molar-refractivity contribution in [2.75, 3.05) is 13.2 Å². The Labute approximate surface area is 82.3 Å². The Bertz CT molecular complexity index is 313. The molecule has 1 fully saturated rings. The molecule has 1 aliphatic heterocycles. The minimum absolute atomic E-state index is 0.0443. The summed E-state index contributed by atoms with van der Waals surface area (Å²) in [5.41, 5.74) is 0.975. The first kappa shape index (κ1) is 9.15. The van der Waals surface area contributed by atoms with Gasteiger partial charge in [0.15, 0.2) is 0 Å². The van der Waals surface area contributed by atoms with Crippen LogP contribution in [0.4, 0.5) is 0 Å². The molecule has 0 saturated carbocycles. The molecule has 14 heavy (non-hydrogen) atoms. The second-order valence-electron chi connectivity index (χ2n) is 3.30. The van der Waals surface area contributed by atoms with E-state index in [1.165, 1.54) is 0 Å². The van der Waals surface area contributed by atoms with Gasteiger partial charge in [-0.3, -0.25) is 9.78 Å². The Morgan fingerprint density at radius 3 is 3.21 bits per heavy atom. The van der Waals surface area contributed by atoms with Gasteiger partial charge < -0.3 is 10.1 Å². The Hall–Kier alpha value is -1.42. The normalized spacial score (nSPS) is 21.7. The van der Waals surface area contributed by atoms with Gasteiger partial charge in [0.1, 0.15) is 6.61 Å². The van der Waals surface area contributed by atoms with Crippen molar-refractivity contribution in [3.05, 3.63) is 30.1 Å². The molecule has 0 aromatic carbocycles. The molecule has 0 aliphatic carbocycles. The van der Waals surface area contributed by atoms with Gasteiger partial charge in [-0.15, -0.1) is 0 Å². The third-order valence-electron chi connectivity index (χ3n) is 2.10. The monoisotopic (exact) mass is 192 g/mol. The minimum Gasteiger partial charge on any atom is -0.369 e. The molecule has 1 saturated heterocycles. The van der Waals surface area contributed by atoms with E-state index in [9.17, 15) is 4.79 Å². The summed E-state index contributed by atoms with van der Waals surface area (Å²) in [6, 6.07) is 5.82. The molecule has 1 atom stereocenters. The highest BCUT2D eigenvalue weighted by atomic mass is 16.5. The summed E-state index contributed by atoms with van der Waals surface area (Å²) in [5, 5.41) is 2.86. The number of hydrogen-bond donors (Lipinski definition) is 1. The zero-order valence-corrected chi connectivity index (χ0v) is 7.77. The number of carbonyl (C=O) groups is 1. The molecule has 4 heteroatoms. The summed E-state index contributed by atoms with van der Waals surface area (Å²) in [6.07, 6.45) is 2.48. The number of hydrogen-bond acceptors (Lipinski definition) is 3. The maximum absolute atomic E-state index is 11.0. The highest BCUT2D eigenvalue weighted by molar-refractivity contribution is 5.78. The van der Waals surface area contributed by atoms with E-state index < -0.39 is 0 Å². The molecule has 2 rings (SSSR count). The van der Waals surface area contributed by atoms with E-state index in [0.717, 1.165) is 12.1 Å². The second-order valence-corrected chi connectivity index (χ2v) is 3.30. The van der Waals surface area contributed by atoms with Gasteiger partial charge in [-0.1, -0.05) is 6.07 Å². The highest BCUT2D eigenvalue weighted by Crippen LogP contribution is 2.02. The summed E-state index contributed by atoms with van der Waals surface area (Å²) < 4.78 is 5.13. The van der Waals surface area contributed by atoms with E-state index in [1.54, 1.807) is 6.20 Å². The maximum atomic E-state index is 11.0. The van der Waals surface area contributed by atoms with Crippen LogP contribution in [0.2, 0.25) is 0 Å². The van der Waals surface area contributed by atoms with Crippen LogP contribution in [0, 0.1) is 0 Å².